The largest absolute Gasteiger partial charge is 0.497 e. The van der Waals surface area contributed by atoms with Crippen LogP contribution in [0.15, 0.2) is 36.4 Å². The second-order valence-corrected chi connectivity index (χ2v) is 6.89. The van der Waals surface area contributed by atoms with Crippen molar-refractivity contribution in [1.82, 2.24) is 10.6 Å². The van der Waals surface area contributed by atoms with Crippen molar-refractivity contribution in [2.75, 3.05) is 20.3 Å². The van der Waals surface area contributed by atoms with Crippen molar-refractivity contribution in [2.24, 2.45) is 0 Å². The number of benzene rings is 1. The van der Waals surface area contributed by atoms with Gasteiger partial charge >= 0.3 is 6.03 Å². The Morgan fingerprint density at radius 1 is 1.21 bits per heavy atom. The fraction of sp³-hybridized carbons (Fsp3) is 0.353. The summed E-state index contributed by atoms with van der Waals surface area (Å²) in [5.41, 5.74) is 0. The zero-order valence-corrected chi connectivity index (χ0v) is 15.2. The van der Waals surface area contributed by atoms with Gasteiger partial charge in [0.2, 0.25) is 0 Å². The zero-order chi connectivity index (χ0) is 17.4. The Morgan fingerprint density at radius 3 is 2.54 bits per heavy atom. The molecule has 2 amide bonds. The first kappa shape index (κ1) is 18.4. The Kier molecular flexibility index (Phi) is 7.21. The second-order valence-electron chi connectivity index (χ2n) is 5.14. The molecule has 1 atom stereocenters. The molecular weight excluding hydrogens is 348 g/mol. The molecule has 0 aliphatic rings. The van der Waals surface area contributed by atoms with Gasteiger partial charge in [-0.15, -0.1) is 11.3 Å². The lowest BCUT2D eigenvalue weighted by Crippen LogP contribution is -2.37. The van der Waals surface area contributed by atoms with Crippen LogP contribution in [0.2, 0.25) is 4.34 Å². The fourth-order valence-electron chi connectivity index (χ4n) is 2.02. The minimum Gasteiger partial charge on any atom is -0.497 e. The SMILES string of the molecule is COc1ccc(OCCCNC(=O)NC(C)c2ccc(Cl)s2)cc1. The number of ether oxygens (including phenoxy) is 2. The maximum Gasteiger partial charge on any atom is 0.315 e. The van der Waals surface area contributed by atoms with E-state index in [0.717, 1.165) is 27.1 Å². The van der Waals surface area contributed by atoms with Crippen molar-refractivity contribution < 1.29 is 14.3 Å². The van der Waals surface area contributed by atoms with Crippen molar-refractivity contribution in [3.8, 4) is 11.5 Å². The van der Waals surface area contributed by atoms with E-state index in [-0.39, 0.29) is 12.1 Å². The molecule has 7 heteroatoms. The average Bonchev–Trinajstić information content (AvgIpc) is 3.02. The summed E-state index contributed by atoms with van der Waals surface area (Å²) in [6, 6.07) is 10.9. The van der Waals surface area contributed by atoms with Crippen LogP contribution in [-0.2, 0) is 0 Å². The number of halogens is 1. The molecule has 0 aliphatic heterocycles. The Labute approximate surface area is 150 Å². The van der Waals surface area contributed by atoms with E-state index in [4.69, 9.17) is 21.1 Å². The van der Waals surface area contributed by atoms with Gasteiger partial charge in [0.15, 0.2) is 0 Å². The zero-order valence-electron chi connectivity index (χ0n) is 13.7. The number of hydrogen-bond acceptors (Lipinski definition) is 4. The number of hydrogen-bond donors (Lipinski definition) is 2. The Balaban J connectivity index is 1.60. The summed E-state index contributed by atoms with van der Waals surface area (Å²) in [4.78, 5) is 12.9. The molecule has 0 saturated heterocycles. The number of urea groups is 1. The normalized spacial score (nSPS) is 11.6. The van der Waals surface area contributed by atoms with Crippen LogP contribution in [0.25, 0.3) is 0 Å². The summed E-state index contributed by atoms with van der Waals surface area (Å²) in [5, 5.41) is 5.69. The third-order valence-electron chi connectivity index (χ3n) is 3.30. The van der Waals surface area contributed by atoms with Crippen molar-refractivity contribution in [2.45, 2.75) is 19.4 Å². The molecule has 0 radical (unpaired) electrons. The topological polar surface area (TPSA) is 59.6 Å². The van der Waals surface area contributed by atoms with E-state index in [2.05, 4.69) is 10.6 Å². The van der Waals surface area contributed by atoms with E-state index < -0.39 is 0 Å². The molecule has 0 aliphatic carbocycles. The second kappa shape index (κ2) is 9.39. The van der Waals surface area contributed by atoms with E-state index in [1.54, 1.807) is 7.11 Å². The van der Waals surface area contributed by atoms with E-state index in [0.29, 0.717) is 13.2 Å². The number of carbonyl (C=O) groups is 1. The molecule has 0 spiro atoms. The van der Waals surface area contributed by atoms with Crippen LogP contribution in [0.3, 0.4) is 0 Å². The van der Waals surface area contributed by atoms with Crippen molar-refractivity contribution in [3.63, 3.8) is 0 Å². The number of nitrogens with one attached hydrogen (secondary N) is 2. The Bertz CT molecular complexity index is 646. The van der Waals surface area contributed by atoms with Gasteiger partial charge in [-0.1, -0.05) is 11.6 Å². The van der Waals surface area contributed by atoms with E-state index in [1.165, 1.54) is 11.3 Å². The molecule has 1 heterocycles. The molecule has 0 bridgehead atoms. The highest BCUT2D eigenvalue weighted by Crippen LogP contribution is 2.26. The van der Waals surface area contributed by atoms with Crippen LogP contribution in [0.5, 0.6) is 11.5 Å². The highest BCUT2D eigenvalue weighted by atomic mass is 35.5. The predicted molar refractivity (Wildman–Crippen MR) is 97.4 cm³/mol. The third-order valence-corrected chi connectivity index (χ3v) is 4.72. The molecule has 130 valence electrons. The summed E-state index contributed by atoms with van der Waals surface area (Å²) >= 11 is 7.36. The minimum atomic E-state index is -0.198. The summed E-state index contributed by atoms with van der Waals surface area (Å²) in [6.45, 7) is 3.00. The predicted octanol–water partition coefficient (Wildman–Crippen LogP) is 4.24. The van der Waals surface area contributed by atoms with Gasteiger partial charge in [-0.25, -0.2) is 4.79 Å². The summed E-state index contributed by atoms with van der Waals surface area (Å²) in [6.07, 6.45) is 0.721. The first-order valence-electron chi connectivity index (χ1n) is 7.65. The number of rotatable bonds is 8. The Morgan fingerprint density at radius 2 is 1.92 bits per heavy atom. The number of methoxy groups -OCH3 is 1. The fourth-order valence-corrected chi connectivity index (χ4v) is 3.08. The summed E-state index contributed by atoms with van der Waals surface area (Å²) in [5.74, 6) is 1.57. The van der Waals surface area contributed by atoms with Gasteiger partial charge in [0.1, 0.15) is 11.5 Å². The van der Waals surface area contributed by atoms with Gasteiger partial charge in [-0.2, -0.15) is 0 Å². The van der Waals surface area contributed by atoms with Crippen LogP contribution in [0, 0.1) is 0 Å². The highest BCUT2D eigenvalue weighted by molar-refractivity contribution is 7.16. The average molecular weight is 369 g/mol. The molecule has 0 fully saturated rings. The monoisotopic (exact) mass is 368 g/mol. The van der Waals surface area contributed by atoms with Gasteiger partial charge in [0.25, 0.3) is 0 Å². The quantitative estimate of drug-likeness (QED) is 0.685. The molecule has 1 aromatic heterocycles. The number of amides is 2. The maximum atomic E-state index is 11.8. The van der Waals surface area contributed by atoms with E-state index in [9.17, 15) is 4.79 Å². The smallest absolute Gasteiger partial charge is 0.315 e. The van der Waals surface area contributed by atoms with Gasteiger partial charge in [0.05, 0.1) is 24.1 Å². The molecule has 1 unspecified atom stereocenters. The van der Waals surface area contributed by atoms with Crippen LogP contribution in [0.1, 0.15) is 24.3 Å². The lowest BCUT2D eigenvalue weighted by Gasteiger charge is -2.13. The summed E-state index contributed by atoms with van der Waals surface area (Å²) < 4.78 is 11.4. The molecule has 2 N–H and O–H groups in total. The molecule has 2 aromatic rings. The molecular formula is C17H21ClN2O3S. The number of carbonyl (C=O) groups excluding carboxylic acids is 1. The highest BCUT2D eigenvalue weighted by Gasteiger charge is 2.10. The van der Waals surface area contributed by atoms with E-state index in [1.807, 2.05) is 43.3 Å². The van der Waals surface area contributed by atoms with Crippen LogP contribution in [0.4, 0.5) is 4.79 Å². The van der Waals surface area contributed by atoms with Gasteiger partial charge < -0.3 is 20.1 Å². The standard InChI is InChI=1S/C17H21ClN2O3S/c1-12(15-8-9-16(18)24-15)20-17(21)19-10-3-11-23-14-6-4-13(22-2)5-7-14/h4-9,12H,3,10-11H2,1-2H3,(H2,19,20,21). The molecule has 0 saturated carbocycles. The van der Waals surface area contributed by atoms with Crippen LogP contribution in [-0.4, -0.2) is 26.3 Å². The lowest BCUT2D eigenvalue weighted by molar-refractivity contribution is 0.236. The first-order valence-corrected chi connectivity index (χ1v) is 8.84. The van der Waals surface area contributed by atoms with Gasteiger partial charge in [0, 0.05) is 11.4 Å². The van der Waals surface area contributed by atoms with Crippen molar-refractivity contribution in [3.05, 3.63) is 45.6 Å². The lowest BCUT2D eigenvalue weighted by atomic mass is 10.3. The Hall–Kier alpha value is -1.92. The minimum absolute atomic E-state index is 0.0713. The third kappa shape index (κ3) is 5.94. The van der Waals surface area contributed by atoms with Crippen LogP contribution >= 0.6 is 22.9 Å². The number of thiophene rings is 1. The molecule has 24 heavy (non-hydrogen) atoms. The van der Waals surface area contributed by atoms with Crippen LogP contribution < -0.4 is 20.1 Å². The van der Waals surface area contributed by atoms with E-state index >= 15 is 0 Å². The van der Waals surface area contributed by atoms with Gasteiger partial charge in [-0.3, -0.25) is 0 Å². The first-order chi connectivity index (χ1) is 11.6. The summed E-state index contributed by atoms with van der Waals surface area (Å²) in [7, 11) is 1.63. The maximum absolute atomic E-state index is 11.8. The van der Waals surface area contributed by atoms with Crippen molar-refractivity contribution in [1.29, 1.82) is 0 Å². The molecule has 1 aromatic carbocycles. The molecule has 5 nitrogen and oxygen atoms in total. The van der Waals surface area contributed by atoms with Gasteiger partial charge in [-0.05, 0) is 49.7 Å². The van der Waals surface area contributed by atoms with Crippen molar-refractivity contribution >= 4 is 29.0 Å². The molecule has 2 rings (SSSR count).